The van der Waals surface area contributed by atoms with E-state index in [9.17, 15) is 0 Å². The van der Waals surface area contributed by atoms with Crippen LogP contribution >= 0.6 is 0 Å². The molecule has 0 aromatic rings. The lowest BCUT2D eigenvalue weighted by atomic mass is 9.87. The molecule has 1 aliphatic carbocycles. The summed E-state index contributed by atoms with van der Waals surface area (Å²) in [5.74, 6) is 1.25. The zero-order valence-corrected chi connectivity index (χ0v) is 6.29. The highest BCUT2D eigenvalue weighted by molar-refractivity contribution is 5.05. The molecular formula is C10H14. The van der Waals surface area contributed by atoms with Crippen molar-refractivity contribution in [2.24, 2.45) is 11.8 Å². The third-order valence-electron chi connectivity index (χ3n) is 2.03. The molecule has 0 aromatic carbocycles. The number of rotatable bonds is 2. The Morgan fingerprint density at radius 3 is 2.70 bits per heavy atom. The Kier molecular flexibility index (Phi) is 2.49. The molecule has 0 amide bonds. The molecule has 0 N–H and O–H groups in total. The van der Waals surface area contributed by atoms with Gasteiger partial charge in [0.25, 0.3) is 0 Å². The molecule has 0 fully saturated rings. The van der Waals surface area contributed by atoms with Gasteiger partial charge in [0.1, 0.15) is 0 Å². The number of hydrogen-bond acceptors (Lipinski definition) is 0. The summed E-state index contributed by atoms with van der Waals surface area (Å²) in [4.78, 5) is 0. The van der Waals surface area contributed by atoms with Gasteiger partial charge in [0.05, 0.1) is 0 Å². The van der Waals surface area contributed by atoms with Crippen molar-refractivity contribution >= 4 is 0 Å². The third kappa shape index (κ3) is 1.60. The summed E-state index contributed by atoms with van der Waals surface area (Å²) in [7, 11) is 0. The van der Waals surface area contributed by atoms with Crippen LogP contribution in [0.1, 0.15) is 12.8 Å². The fourth-order valence-corrected chi connectivity index (χ4v) is 1.32. The van der Waals surface area contributed by atoms with Gasteiger partial charge in [0, 0.05) is 0 Å². The van der Waals surface area contributed by atoms with Crippen LogP contribution in [0.3, 0.4) is 0 Å². The molecule has 2 unspecified atom stereocenters. The first-order valence-electron chi connectivity index (χ1n) is 3.78. The van der Waals surface area contributed by atoms with Gasteiger partial charge in [-0.15, -0.1) is 13.2 Å². The van der Waals surface area contributed by atoms with Crippen LogP contribution in [0.15, 0.2) is 37.5 Å². The molecule has 0 saturated heterocycles. The van der Waals surface area contributed by atoms with Gasteiger partial charge in [-0.3, -0.25) is 0 Å². The van der Waals surface area contributed by atoms with E-state index in [-0.39, 0.29) is 0 Å². The van der Waals surface area contributed by atoms with E-state index in [1.165, 1.54) is 6.42 Å². The van der Waals surface area contributed by atoms with Gasteiger partial charge < -0.3 is 0 Å². The van der Waals surface area contributed by atoms with Gasteiger partial charge in [-0.25, -0.2) is 0 Å². The summed E-state index contributed by atoms with van der Waals surface area (Å²) in [6.07, 6.45) is 10.9. The average molecular weight is 134 g/mol. The molecule has 54 valence electrons. The zero-order valence-electron chi connectivity index (χ0n) is 6.29. The first kappa shape index (κ1) is 7.33. The molecule has 0 heterocycles. The predicted octanol–water partition coefficient (Wildman–Crippen LogP) is 2.94. The van der Waals surface area contributed by atoms with Crippen molar-refractivity contribution in [1.29, 1.82) is 0 Å². The van der Waals surface area contributed by atoms with E-state index in [4.69, 9.17) is 0 Å². The molecule has 0 bridgehead atoms. The number of hydrogen-bond donors (Lipinski definition) is 0. The number of allylic oxidation sites excluding steroid dienone is 4. The minimum Gasteiger partial charge on any atom is -0.103 e. The molecule has 0 heteroatoms. The van der Waals surface area contributed by atoms with Crippen molar-refractivity contribution in [1.82, 2.24) is 0 Å². The smallest absolute Gasteiger partial charge is 0.00505 e. The fraction of sp³-hybridized carbons (Fsp3) is 0.400. The standard InChI is InChI=1S/C10H14/c1-3-9-6-5-7-10(4-2)8-9/h3-6,9-10H,1-2,7-8H2. The molecule has 0 nitrogen and oxygen atoms in total. The van der Waals surface area contributed by atoms with Gasteiger partial charge in [-0.2, -0.15) is 0 Å². The Morgan fingerprint density at radius 1 is 1.30 bits per heavy atom. The van der Waals surface area contributed by atoms with E-state index in [1.54, 1.807) is 0 Å². The molecular weight excluding hydrogens is 120 g/mol. The molecule has 0 aromatic heterocycles. The van der Waals surface area contributed by atoms with E-state index in [1.807, 2.05) is 12.2 Å². The summed E-state index contributed by atoms with van der Waals surface area (Å²) >= 11 is 0. The maximum absolute atomic E-state index is 3.78. The van der Waals surface area contributed by atoms with Crippen LogP contribution in [0, 0.1) is 11.8 Å². The molecule has 0 aliphatic heterocycles. The first-order valence-corrected chi connectivity index (χ1v) is 3.78. The predicted molar refractivity (Wildman–Crippen MR) is 45.7 cm³/mol. The van der Waals surface area contributed by atoms with Crippen molar-refractivity contribution in [3.8, 4) is 0 Å². The summed E-state index contributed by atoms with van der Waals surface area (Å²) in [5.41, 5.74) is 0. The van der Waals surface area contributed by atoms with E-state index in [0.717, 1.165) is 6.42 Å². The Labute approximate surface area is 62.9 Å². The van der Waals surface area contributed by atoms with Gasteiger partial charge in [0.15, 0.2) is 0 Å². The normalized spacial score (nSPS) is 31.6. The van der Waals surface area contributed by atoms with Crippen LogP contribution < -0.4 is 0 Å². The highest BCUT2D eigenvalue weighted by atomic mass is 14.2. The molecule has 1 aliphatic rings. The molecule has 10 heavy (non-hydrogen) atoms. The van der Waals surface area contributed by atoms with Crippen LogP contribution in [0.25, 0.3) is 0 Å². The fourth-order valence-electron chi connectivity index (χ4n) is 1.32. The van der Waals surface area contributed by atoms with Crippen LogP contribution in [0.4, 0.5) is 0 Å². The monoisotopic (exact) mass is 134 g/mol. The van der Waals surface area contributed by atoms with Gasteiger partial charge >= 0.3 is 0 Å². The second kappa shape index (κ2) is 3.40. The third-order valence-corrected chi connectivity index (χ3v) is 2.03. The summed E-state index contributed by atoms with van der Waals surface area (Å²) < 4.78 is 0. The van der Waals surface area contributed by atoms with Crippen molar-refractivity contribution in [3.05, 3.63) is 37.5 Å². The average Bonchev–Trinajstić information content (AvgIpc) is 2.05. The van der Waals surface area contributed by atoms with Crippen molar-refractivity contribution in [2.75, 3.05) is 0 Å². The minimum absolute atomic E-state index is 0.580. The Bertz CT molecular complexity index is 153. The SMILES string of the molecule is C=CC1C=CCC(C=C)C1. The second-order valence-corrected chi connectivity index (χ2v) is 2.79. The molecule has 0 saturated carbocycles. The van der Waals surface area contributed by atoms with Crippen LogP contribution in [-0.4, -0.2) is 0 Å². The van der Waals surface area contributed by atoms with Crippen LogP contribution in [-0.2, 0) is 0 Å². The lowest BCUT2D eigenvalue weighted by molar-refractivity contribution is 0.521. The molecule has 0 radical (unpaired) electrons. The summed E-state index contributed by atoms with van der Waals surface area (Å²) in [6, 6.07) is 0. The van der Waals surface area contributed by atoms with Gasteiger partial charge in [-0.1, -0.05) is 24.3 Å². The second-order valence-electron chi connectivity index (χ2n) is 2.79. The highest BCUT2D eigenvalue weighted by Crippen LogP contribution is 2.24. The van der Waals surface area contributed by atoms with E-state index < -0.39 is 0 Å². The van der Waals surface area contributed by atoms with Crippen molar-refractivity contribution in [3.63, 3.8) is 0 Å². The topological polar surface area (TPSA) is 0 Å². The molecule has 2 atom stereocenters. The van der Waals surface area contributed by atoms with Crippen LogP contribution in [0.2, 0.25) is 0 Å². The Morgan fingerprint density at radius 2 is 2.10 bits per heavy atom. The van der Waals surface area contributed by atoms with E-state index in [0.29, 0.717) is 11.8 Å². The Hall–Kier alpha value is -0.780. The zero-order chi connectivity index (χ0) is 7.40. The highest BCUT2D eigenvalue weighted by Gasteiger charge is 2.11. The largest absolute Gasteiger partial charge is 0.103 e. The molecule has 1 rings (SSSR count). The quantitative estimate of drug-likeness (QED) is 0.509. The Balaban J connectivity index is 2.52. The van der Waals surface area contributed by atoms with Gasteiger partial charge in [0.2, 0.25) is 0 Å². The van der Waals surface area contributed by atoms with Gasteiger partial charge in [-0.05, 0) is 24.7 Å². The summed E-state index contributed by atoms with van der Waals surface area (Å²) in [6.45, 7) is 7.55. The van der Waals surface area contributed by atoms with Crippen molar-refractivity contribution in [2.45, 2.75) is 12.8 Å². The van der Waals surface area contributed by atoms with Crippen LogP contribution in [0.5, 0.6) is 0 Å². The maximum atomic E-state index is 3.78. The van der Waals surface area contributed by atoms with E-state index >= 15 is 0 Å². The van der Waals surface area contributed by atoms with Crippen molar-refractivity contribution < 1.29 is 0 Å². The lowest BCUT2D eigenvalue weighted by Gasteiger charge is -2.18. The lowest BCUT2D eigenvalue weighted by Crippen LogP contribution is -2.06. The first-order chi connectivity index (χ1) is 4.86. The van der Waals surface area contributed by atoms with E-state index in [2.05, 4.69) is 25.3 Å². The summed E-state index contributed by atoms with van der Waals surface area (Å²) in [5, 5.41) is 0. The minimum atomic E-state index is 0.580. The maximum Gasteiger partial charge on any atom is -0.00505 e. The molecule has 0 spiro atoms.